The SMILES string of the molecule is CP(C)c1ccc(CC2CC3(C2)CN(C(=O)N2CC[C@@H]4OCC(=O)N[C@@H]4C2)C3)nc1. The van der Waals surface area contributed by atoms with Crippen LogP contribution >= 0.6 is 7.92 Å². The lowest BCUT2D eigenvalue weighted by molar-refractivity contribution is -0.140. The first-order chi connectivity index (χ1) is 14.4. The van der Waals surface area contributed by atoms with Crippen LogP contribution in [0.15, 0.2) is 18.3 Å². The van der Waals surface area contributed by atoms with E-state index in [9.17, 15) is 9.59 Å². The van der Waals surface area contributed by atoms with Crippen LogP contribution in [0.25, 0.3) is 0 Å². The first kappa shape index (κ1) is 20.2. The lowest BCUT2D eigenvalue weighted by atomic mass is 9.57. The molecular formula is C22H31N4O3P. The number of ether oxygens (including phenoxy) is 1. The van der Waals surface area contributed by atoms with Gasteiger partial charge in [-0.05, 0) is 56.3 Å². The van der Waals surface area contributed by atoms with Gasteiger partial charge in [0.1, 0.15) is 6.61 Å². The van der Waals surface area contributed by atoms with Crippen molar-refractivity contribution in [1.82, 2.24) is 20.1 Å². The highest BCUT2D eigenvalue weighted by atomic mass is 31.1. The van der Waals surface area contributed by atoms with Crippen LogP contribution in [0.2, 0.25) is 0 Å². The number of fused-ring (bicyclic) bond motifs is 1. The molecule has 4 fully saturated rings. The maximum Gasteiger partial charge on any atom is 0.320 e. The number of morpholine rings is 1. The van der Waals surface area contributed by atoms with E-state index >= 15 is 0 Å². The Balaban J connectivity index is 1.08. The summed E-state index contributed by atoms with van der Waals surface area (Å²) in [6, 6.07) is 4.48. The maximum atomic E-state index is 12.9. The highest BCUT2D eigenvalue weighted by molar-refractivity contribution is 7.64. The van der Waals surface area contributed by atoms with Gasteiger partial charge in [0, 0.05) is 43.5 Å². The van der Waals surface area contributed by atoms with Crippen molar-refractivity contribution >= 4 is 25.2 Å². The maximum absolute atomic E-state index is 12.9. The molecule has 1 N–H and O–H groups in total. The molecule has 0 aromatic carbocycles. The van der Waals surface area contributed by atoms with E-state index in [2.05, 4.69) is 35.8 Å². The van der Waals surface area contributed by atoms with Crippen molar-refractivity contribution in [2.75, 3.05) is 46.1 Å². The van der Waals surface area contributed by atoms with Crippen LogP contribution in [0.4, 0.5) is 4.79 Å². The van der Waals surface area contributed by atoms with Crippen LogP contribution in [-0.2, 0) is 16.0 Å². The molecule has 1 spiro atoms. The topological polar surface area (TPSA) is 74.8 Å². The molecular weight excluding hydrogens is 399 g/mol. The number of hydrogen-bond donors (Lipinski definition) is 1. The number of piperidine rings is 1. The molecule has 1 aliphatic carbocycles. The molecule has 3 saturated heterocycles. The molecule has 5 rings (SSSR count). The van der Waals surface area contributed by atoms with Crippen LogP contribution < -0.4 is 10.6 Å². The number of urea groups is 1. The van der Waals surface area contributed by atoms with Crippen LogP contribution in [0, 0.1) is 11.3 Å². The summed E-state index contributed by atoms with van der Waals surface area (Å²) < 4.78 is 5.59. The number of aromatic nitrogens is 1. The standard InChI is InChI=1S/C22H31N4O3P/c1-30(2)17-4-3-16(23-10-17)7-15-8-22(9-15)13-26(14-22)21(28)25-6-5-19-18(11-25)24-20(27)12-29-19/h3-4,10,15,18-19H,5-9,11-14H2,1-2H3,(H,24,27)/t18-,19+/m1/s1. The molecule has 162 valence electrons. The van der Waals surface area contributed by atoms with Crippen LogP contribution in [0.5, 0.6) is 0 Å². The monoisotopic (exact) mass is 430 g/mol. The highest BCUT2D eigenvalue weighted by Gasteiger charge is 2.54. The van der Waals surface area contributed by atoms with E-state index in [0.717, 1.165) is 25.9 Å². The van der Waals surface area contributed by atoms with E-state index in [1.54, 1.807) is 0 Å². The number of nitrogens with zero attached hydrogens (tertiary/aromatic N) is 3. The van der Waals surface area contributed by atoms with E-state index in [-0.39, 0.29) is 38.6 Å². The Morgan fingerprint density at radius 3 is 2.80 bits per heavy atom. The van der Waals surface area contributed by atoms with Gasteiger partial charge in [-0.3, -0.25) is 9.78 Å². The summed E-state index contributed by atoms with van der Waals surface area (Å²) in [5.41, 5.74) is 1.53. The fourth-order valence-electron chi connectivity index (χ4n) is 5.64. The second-order valence-electron chi connectivity index (χ2n) is 9.78. The first-order valence-electron chi connectivity index (χ1n) is 11.0. The van der Waals surface area contributed by atoms with E-state index < -0.39 is 0 Å². The third-order valence-corrected chi connectivity index (χ3v) is 8.48. The van der Waals surface area contributed by atoms with Crippen molar-refractivity contribution < 1.29 is 14.3 Å². The van der Waals surface area contributed by atoms with E-state index in [4.69, 9.17) is 4.74 Å². The Hall–Kier alpha value is -1.72. The molecule has 0 unspecified atom stereocenters. The molecule has 3 aliphatic heterocycles. The third-order valence-electron chi connectivity index (χ3n) is 7.18. The van der Waals surface area contributed by atoms with Crippen molar-refractivity contribution in [1.29, 1.82) is 0 Å². The second kappa shape index (κ2) is 7.76. The van der Waals surface area contributed by atoms with Crippen LogP contribution in [0.1, 0.15) is 25.0 Å². The molecule has 4 aliphatic rings. The predicted octanol–water partition coefficient (Wildman–Crippen LogP) is 1.41. The lowest BCUT2D eigenvalue weighted by Crippen LogP contribution is -2.68. The van der Waals surface area contributed by atoms with Gasteiger partial charge in [-0.25, -0.2) is 4.79 Å². The number of rotatable bonds is 3. The summed E-state index contributed by atoms with van der Waals surface area (Å²) in [6.07, 6.45) is 6.33. The summed E-state index contributed by atoms with van der Waals surface area (Å²) in [7, 11) is -0.0822. The Morgan fingerprint density at radius 2 is 2.10 bits per heavy atom. The molecule has 3 amide bonds. The molecule has 1 saturated carbocycles. The normalized spacial score (nSPS) is 28.0. The van der Waals surface area contributed by atoms with Gasteiger partial charge in [0.15, 0.2) is 0 Å². The largest absolute Gasteiger partial charge is 0.366 e. The minimum absolute atomic E-state index is 0.0474. The molecule has 30 heavy (non-hydrogen) atoms. The number of hydrogen-bond acceptors (Lipinski definition) is 4. The Morgan fingerprint density at radius 1 is 1.30 bits per heavy atom. The van der Waals surface area contributed by atoms with Crippen molar-refractivity contribution in [3.63, 3.8) is 0 Å². The highest BCUT2D eigenvalue weighted by Crippen LogP contribution is 2.53. The van der Waals surface area contributed by atoms with Gasteiger partial charge in [-0.15, -0.1) is 0 Å². The molecule has 4 heterocycles. The zero-order valence-corrected chi connectivity index (χ0v) is 18.7. The number of pyridine rings is 1. The Kier molecular flexibility index (Phi) is 5.22. The molecule has 1 aromatic heterocycles. The number of carbonyl (C=O) groups is 2. The fourth-order valence-corrected chi connectivity index (χ4v) is 6.30. The second-order valence-corrected chi connectivity index (χ2v) is 12.1. The summed E-state index contributed by atoms with van der Waals surface area (Å²) in [6.45, 7) is 7.67. The van der Waals surface area contributed by atoms with Gasteiger partial charge in [0.05, 0.1) is 12.1 Å². The Labute approximate surface area is 179 Å². The average Bonchev–Trinajstić information content (AvgIpc) is 2.68. The van der Waals surface area contributed by atoms with E-state index in [0.29, 0.717) is 24.4 Å². The fraction of sp³-hybridized carbons (Fsp3) is 0.682. The summed E-state index contributed by atoms with van der Waals surface area (Å²) >= 11 is 0. The van der Waals surface area contributed by atoms with E-state index in [1.807, 2.05) is 16.0 Å². The van der Waals surface area contributed by atoms with Crippen molar-refractivity contribution in [2.45, 2.75) is 37.8 Å². The summed E-state index contributed by atoms with van der Waals surface area (Å²) in [5, 5.41) is 4.33. The van der Waals surface area contributed by atoms with Gasteiger partial charge in [-0.2, -0.15) is 0 Å². The van der Waals surface area contributed by atoms with E-state index in [1.165, 1.54) is 23.8 Å². The van der Waals surface area contributed by atoms with Gasteiger partial charge in [-0.1, -0.05) is 14.0 Å². The number of carbonyl (C=O) groups excluding carboxylic acids is 2. The van der Waals surface area contributed by atoms with Gasteiger partial charge >= 0.3 is 6.03 Å². The number of nitrogens with one attached hydrogen (secondary N) is 1. The minimum Gasteiger partial charge on any atom is -0.366 e. The lowest BCUT2D eigenvalue weighted by Gasteiger charge is -2.60. The molecule has 1 aromatic rings. The van der Waals surface area contributed by atoms with Gasteiger partial charge < -0.3 is 19.9 Å². The first-order valence-corrected chi connectivity index (χ1v) is 13.2. The molecule has 8 heteroatoms. The van der Waals surface area contributed by atoms with Crippen molar-refractivity contribution in [2.24, 2.45) is 11.3 Å². The quantitative estimate of drug-likeness (QED) is 0.736. The van der Waals surface area contributed by atoms with Crippen molar-refractivity contribution in [3.8, 4) is 0 Å². The minimum atomic E-state index is -0.0822. The zero-order chi connectivity index (χ0) is 20.9. The number of likely N-dealkylation sites (tertiary alicyclic amines) is 2. The summed E-state index contributed by atoms with van der Waals surface area (Å²) in [5.74, 6) is 0.610. The predicted molar refractivity (Wildman–Crippen MR) is 116 cm³/mol. The molecule has 0 bridgehead atoms. The average molecular weight is 430 g/mol. The summed E-state index contributed by atoms with van der Waals surface area (Å²) in [4.78, 5) is 33.0. The van der Waals surface area contributed by atoms with Crippen LogP contribution in [-0.4, -0.2) is 85.0 Å². The van der Waals surface area contributed by atoms with Gasteiger partial charge in [0.2, 0.25) is 5.91 Å². The van der Waals surface area contributed by atoms with Gasteiger partial charge in [0.25, 0.3) is 0 Å². The molecule has 7 nitrogen and oxygen atoms in total. The third kappa shape index (κ3) is 3.82. The van der Waals surface area contributed by atoms with Crippen molar-refractivity contribution in [3.05, 3.63) is 24.0 Å². The molecule has 0 radical (unpaired) electrons. The molecule has 2 atom stereocenters. The zero-order valence-electron chi connectivity index (χ0n) is 17.8. The number of amides is 3. The van der Waals surface area contributed by atoms with Crippen LogP contribution in [0.3, 0.4) is 0 Å². The Bertz CT molecular complexity index is 816. The smallest absolute Gasteiger partial charge is 0.320 e.